The van der Waals surface area contributed by atoms with Gasteiger partial charge in [-0.15, -0.1) is 0 Å². The molecule has 0 fully saturated rings. The van der Waals surface area contributed by atoms with Gasteiger partial charge >= 0.3 is 0 Å². The summed E-state index contributed by atoms with van der Waals surface area (Å²) in [6.45, 7) is 11.8. The maximum absolute atomic E-state index is 12.9. The average Bonchev–Trinajstić information content (AvgIpc) is 2.43. The molecule has 0 bridgehead atoms. The second-order valence-corrected chi connectivity index (χ2v) is 14.2. The van der Waals surface area contributed by atoms with Crippen LogP contribution < -0.4 is 9.80 Å². The fourth-order valence-electron chi connectivity index (χ4n) is 2.47. The number of halogens is 1. The van der Waals surface area contributed by atoms with E-state index >= 15 is 0 Å². The fraction of sp³-hybridized carbons (Fsp3) is 0.625. The predicted octanol–water partition coefficient (Wildman–Crippen LogP) is 3.72. The topological polar surface area (TPSA) is 45.7 Å². The maximum atomic E-state index is 12.9. The molecule has 23 heavy (non-hydrogen) atoms. The lowest BCUT2D eigenvalue weighted by molar-refractivity contribution is -0.124. The number of pyridine rings is 1. The van der Waals surface area contributed by atoms with Crippen LogP contribution in [0.1, 0.15) is 13.8 Å². The lowest BCUT2D eigenvalue weighted by Gasteiger charge is -2.46. The molecule has 1 aromatic rings. The summed E-state index contributed by atoms with van der Waals surface area (Å²) < 4.78 is 6.70. The van der Waals surface area contributed by atoms with Gasteiger partial charge in [0, 0.05) is 27.9 Å². The fourth-order valence-corrected chi connectivity index (χ4v) is 3.82. The first-order valence-corrected chi connectivity index (χ1v) is 12.3. The zero-order chi connectivity index (χ0) is 17.4. The normalized spacial score (nSPS) is 17.4. The summed E-state index contributed by atoms with van der Waals surface area (Å²) >= 11 is 3.55. The van der Waals surface area contributed by atoms with Gasteiger partial charge < -0.3 is 9.64 Å². The van der Waals surface area contributed by atoms with E-state index in [-0.39, 0.29) is 12.6 Å². The van der Waals surface area contributed by atoms with Gasteiger partial charge in [-0.3, -0.25) is 14.7 Å². The van der Waals surface area contributed by atoms with Crippen LogP contribution in [0.15, 0.2) is 16.9 Å². The highest BCUT2D eigenvalue weighted by atomic mass is 79.9. The van der Waals surface area contributed by atoms with Crippen molar-refractivity contribution in [2.75, 3.05) is 30.2 Å². The van der Waals surface area contributed by atoms with Gasteiger partial charge in [-0.25, -0.2) is 0 Å². The summed E-state index contributed by atoms with van der Waals surface area (Å²) in [7, 11) is 0.798. The van der Waals surface area contributed by atoms with E-state index in [2.05, 4.69) is 40.6 Å². The first-order valence-electron chi connectivity index (χ1n) is 7.83. The van der Waals surface area contributed by atoms with Crippen LogP contribution in [-0.4, -0.2) is 44.9 Å². The summed E-state index contributed by atoms with van der Waals surface area (Å²) in [5.74, 6) is 0.0282. The number of anilines is 2. The van der Waals surface area contributed by atoms with Crippen molar-refractivity contribution < 1.29 is 9.53 Å². The van der Waals surface area contributed by atoms with Crippen molar-refractivity contribution in [1.29, 1.82) is 0 Å². The van der Waals surface area contributed by atoms with Gasteiger partial charge in [-0.05, 0) is 35.8 Å². The zero-order valence-corrected chi connectivity index (χ0v) is 17.4. The number of carbonyl (C=O) groups is 1. The molecule has 5 nitrogen and oxygen atoms in total. The molecular formula is C16H26BrN3O2Si. The second kappa shape index (κ2) is 6.53. The van der Waals surface area contributed by atoms with Crippen molar-refractivity contribution in [2.24, 2.45) is 0 Å². The molecule has 7 heteroatoms. The van der Waals surface area contributed by atoms with E-state index in [1.165, 1.54) is 0 Å². The molecule has 0 aromatic carbocycles. The number of aromatic nitrogens is 1. The molecule has 1 aromatic heterocycles. The third-order valence-electron chi connectivity index (χ3n) is 4.30. The van der Waals surface area contributed by atoms with Gasteiger partial charge in [-0.1, -0.05) is 19.6 Å². The number of fused-ring (bicyclic) bond motifs is 1. The Hall–Kier alpha value is -0.923. The summed E-state index contributed by atoms with van der Waals surface area (Å²) in [6.07, 6.45) is 3.48. The third kappa shape index (κ3) is 3.77. The number of likely N-dealkylation sites (N-methyl/N-ethyl adjacent to an activating group) is 1. The molecule has 1 aliphatic heterocycles. The first kappa shape index (κ1) is 18.4. The molecule has 0 radical (unpaired) electrons. The molecule has 1 aliphatic rings. The Morgan fingerprint density at radius 3 is 2.57 bits per heavy atom. The van der Waals surface area contributed by atoms with Gasteiger partial charge in [0.1, 0.15) is 12.3 Å². The third-order valence-corrected chi connectivity index (χ3v) is 6.59. The molecule has 0 atom stereocenters. The van der Waals surface area contributed by atoms with Crippen LogP contribution in [0.2, 0.25) is 25.7 Å². The number of hydrogen-bond acceptors (Lipinski definition) is 4. The highest BCUT2D eigenvalue weighted by Gasteiger charge is 2.43. The van der Waals surface area contributed by atoms with Crippen molar-refractivity contribution >= 4 is 41.3 Å². The largest absolute Gasteiger partial charge is 0.361 e. The Morgan fingerprint density at radius 2 is 1.96 bits per heavy atom. The highest BCUT2D eigenvalue weighted by molar-refractivity contribution is 9.10. The molecule has 2 rings (SSSR count). The van der Waals surface area contributed by atoms with Gasteiger partial charge in [-0.2, -0.15) is 0 Å². The van der Waals surface area contributed by atoms with E-state index in [1.54, 1.807) is 17.3 Å². The lowest BCUT2D eigenvalue weighted by Crippen LogP contribution is -2.59. The number of hydrogen-bond donors (Lipinski definition) is 0. The highest BCUT2D eigenvalue weighted by Crippen LogP contribution is 2.43. The lowest BCUT2D eigenvalue weighted by atomic mass is 9.96. The molecule has 0 N–H and O–H groups in total. The number of ether oxygens (including phenoxy) is 1. The summed E-state index contributed by atoms with van der Waals surface area (Å²) in [5, 5.41) is 0. The number of rotatable bonds is 5. The Kier molecular flexibility index (Phi) is 5.23. The molecule has 0 saturated carbocycles. The first-order chi connectivity index (χ1) is 10.6. The van der Waals surface area contributed by atoms with E-state index in [0.29, 0.717) is 6.61 Å². The average molecular weight is 400 g/mol. The van der Waals surface area contributed by atoms with Crippen molar-refractivity contribution in [3.8, 4) is 0 Å². The quantitative estimate of drug-likeness (QED) is 0.558. The molecule has 0 unspecified atom stereocenters. The van der Waals surface area contributed by atoms with Gasteiger partial charge in [0.25, 0.3) is 5.91 Å². The van der Waals surface area contributed by atoms with Crippen LogP contribution in [0.5, 0.6) is 0 Å². The maximum Gasteiger partial charge on any atom is 0.254 e. The number of amides is 1. The second-order valence-electron chi connectivity index (χ2n) is 7.69. The minimum Gasteiger partial charge on any atom is -0.361 e. The number of carbonyl (C=O) groups excluding carboxylic acids is 1. The van der Waals surface area contributed by atoms with Crippen LogP contribution in [0.3, 0.4) is 0 Å². The molecular weight excluding hydrogens is 374 g/mol. The molecule has 128 valence electrons. The van der Waals surface area contributed by atoms with E-state index in [4.69, 9.17) is 4.74 Å². The summed E-state index contributed by atoms with van der Waals surface area (Å²) in [5.41, 5.74) is 1.14. The summed E-state index contributed by atoms with van der Waals surface area (Å²) in [6, 6.07) is 1.09. The van der Waals surface area contributed by atoms with Crippen molar-refractivity contribution in [3.63, 3.8) is 0 Å². The van der Waals surface area contributed by atoms with E-state index in [1.807, 2.05) is 25.8 Å². The van der Waals surface area contributed by atoms with Gasteiger partial charge in [0.05, 0.1) is 22.0 Å². The predicted molar refractivity (Wildman–Crippen MR) is 101 cm³/mol. The van der Waals surface area contributed by atoms with Crippen LogP contribution in [0, 0.1) is 0 Å². The van der Waals surface area contributed by atoms with Gasteiger partial charge in [0.15, 0.2) is 0 Å². The molecule has 0 saturated heterocycles. The van der Waals surface area contributed by atoms with E-state index in [0.717, 1.165) is 21.9 Å². The smallest absolute Gasteiger partial charge is 0.254 e. The standard InChI is InChI=1S/C16H26BrN3O2Si/c1-16(2)15(21)20(11-22-7-8-23(4,5)6)13-10-18-9-12(17)14(13)19(16)3/h9-10H,7-8,11H2,1-6H3. The minimum atomic E-state index is -1.14. The zero-order valence-electron chi connectivity index (χ0n) is 14.8. The van der Waals surface area contributed by atoms with Crippen LogP contribution in [0.4, 0.5) is 11.4 Å². The monoisotopic (exact) mass is 399 g/mol. The molecule has 0 spiro atoms. The molecule has 1 amide bonds. The SMILES string of the molecule is CN1c2c(Br)cncc2N(COCC[Si](C)(C)C)C(=O)C1(C)C. The van der Waals surface area contributed by atoms with Gasteiger partial charge in [0.2, 0.25) is 0 Å². The van der Waals surface area contributed by atoms with E-state index in [9.17, 15) is 4.79 Å². The Morgan fingerprint density at radius 1 is 1.30 bits per heavy atom. The Balaban J connectivity index is 2.24. The van der Waals surface area contributed by atoms with Crippen molar-refractivity contribution in [1.82, 2.24) is 4.98 Å². The Bertz CT molecular complexity index is 601. The Labute approximate surface area is 148 Å². The van der Waals surface area contributed by atoms with Crippen LogP contribution in [-0.2, 0) is 9.53 Å². The summed E-state index contributed by atoms with van der Waals surface area (Å²) in [4.78, 5) is 20.8. The number of nitrogens with zero attached hydrogens (tertiary/aromatic N) is 3. The minimum absolute atomic E-state index is 0.0282. The van der Waals surface area contributed by atoms with Crippen molar-refractivity contribution in [3.05, 3.63) is 16.9 Å². The van der Waals surface area contributed by atoms with Crippen LogP contribution in [0.25, 0.3) is 0 Å². The molecule has 2 heterocycles. The molecule has 0 aliphatic carbocycles. The van der Waals surface area contributed by atoms with Crippen LogP contribution >= 0.6 is 15.9 Å². The van der Waals surface area contributed by atoms with E-state index < -0.39 is 13.6 Å². The van der Waals surface area contributed by atoms with Crippen molar-refractivity contribution in [2.45, 2.75) is 45.1 Å².